The summed E-state index contributed by atoms with van der Waals surface area (Å²) in [5.41, 5.74) is 1.90. The fourth-order valence-corrected chi connectivity index (χ4v) is 1.74. The van der Waals surface area contributed by atoms with Crippen molar-refractivity contribution in [2.45, 2.75) is 26.7 Å². The van der Waals surface area contributed by atoms with E-state index in [-0.39, 0.29) is 5.78 Å². The Hall–Kier alpha value is -1.83. The van der Waals surface area contributed by atoms with Gasteiger partial charge < -0.3 is 4.74 Å². The Morgan fingerprint density at radius 2 is 2.00 bits per heavy atom. The van der Waals surface area contributed by atoms with Gasteiger partial charge in [0.15, 0.2) is 5.78 Å². The first kappa shape index (κ1) is 14.2. The molecular formula is C16H20O2. The van der Waals surface area contributed by atoms with Crippen LogP contribution in [0.25, 0.3) is 0 Å². The van der Waals surface area contributed by atoms with Gasteiger partial charge in [-0.2, -0.15) is 0 Å². The highest BCUT2D eigenvalue weighted by Crippen LogP contribution is 2.15. The standard InChI is InChI=1S/C16H20O2/c1-4-15(17)13(3)16(18-5-2)12-11-14-9-7-6-8-10-14/h4,6-10H,1,5,11-12H2,2-3H3/b16-13+. The third kappa shape index (κ3) is 4.21. The summed E-state index contributed by atoms with van der Waals surface area (Å²) >= 11 is 0. The third-order valence-electron chi connectivity index (χ3n) is 2.78. The van der Waals surface area contributed by atoms with Gasteiger partial charge in [0.05, 0.1) is 6.61 Å². The van der Waals surface area contributed by atoms with Crippen LogP contribution < -0.4 is 0 Å². The minimum atomic E-state index is -0.0634. The molecule has 0 N–H and O–H groups in total. The van der Waals surface area contributed by atoms with Gasteiger partial charge in [-0.15, -0.1) is 0 Å². The minimum absolute atomic E-state index is 0.0634. The van der Waals surface area contributed by atoms with Gasteiger partial charge in [-0.05, 0) is 31.9 Å². The van der Waals surface area contributed by atoms with Crippen LogP contribution >= 0.6 is 0 Å². The van der Waals surface area contributed by atoms with Crippen molar-refractivity contribution in [2.24, 2.45) is 0 Å². The second-order valence-corrected chi connectivity index (χ2v) is 4.04. The van der Waals surface area contributed by atoms with Crippen LogP contribution in [0.5, 0.6) is 0 Å². The quantitative estimate of drug-likeness (QED) is 0.540. The molecule has 1 aromatic rings. The first-order chi connectivity index (χ1) is 8.69. The van der Waals surface area contributed by atoms with E-state index in [9.17, 15) is 4.79 Å². The van der Waals surface area contributed by atoms with E-state index in [4.69, 9.17) is 4.74 Å². The largest absolute Gasteiger partial charge is 0.498 e. The fourth-order valence-electron chi connectivity index (χ4n) is 1.74. The van der Waals surface area contributed by atoms with Crippen LogP contribution in [-0.2, 0) is 16.0 Å². The summed E-state index contributed by atoms with van der Waals surface area (Å²) in [6.07, 6.45) is 2.94. The number of ketones is 1. The molecule has 0 spiro atoms. The van der Waals surface area contributed by atoms with Gasteiger partial charge in [0, 0.05) is 12.0 Å². The summed E-state index contributed by atoms with van der Waals surface area (Å²) in [4.78, 5) is 11.6. The molecule has 0 saturated heterocycles. The number of carbonyl (C=O) groups is 1. The van der Waals surface area contributed by atoms with Gasteiger partial charge in [-0.1, -0.05) is 36.9 Å². The van der Waals surface area contributed by atoms with Crippen molar-refractivity contribution in [1.82, 2.24) is 0 Å². The smallest absolute Gasteiger partial charge is 0.184 e. The number of allylic oxidation sites excluding steroid dienone is 3. The van der Waals surface area contributed by atoms with E-state index in [2.05, 4.69) is 18.7 Å². The van der Waals surface area contributed by atoms with Gasteiger partial charge in [0.2, 0.25) is 0 Å². The molecule has 0 saturated carbocycles. The highest BCUT2D eigenvalue weighted by Gasteiger charge is 2.09. The monoisotopic (exact) mass is 244 g/mol. The van der Waals surface area contributed by atoms with Crippen molar-refractivity contribution < 1.29 is 9.53 Å². The number of aryl methyl sites for hydroxylation is 1. The maximum Gasteiger partial charge on any atom is 0.184 e. The molecule has 0 bridgehead atoms. The van der Waals surface area contributed by atoms with E-state index in [1.807, 2.05) is 25.1 Å². The number of ether oxygens (including phenoxy) is 1. The van der Waals surface area contributed by atoms with Crippen LogP contribution in [0.1, 0.15) is 25.8 Å². The van der Waals surface area contributed by atoms with Gasteiger partial charge in [-0.3, -0.25) is 4.79 Å². The molecule has 0 radical (unpaired) electrons. The van der Waals surface area contributed by atoms with E-state index in [1.165, 1.54) is 11.6 Å². The molecule has 96 valence electrons. The second kappa shape index (κ2) is 7.49. The van der Waals surface area contributed by atoms with Gasteiger partial charge >= 0.3 is 0 Å². The lowest BCUT2D eigenvalue weighted by Crippen LogP contribution is -2.04. The van der Waals surface area contributed by atoms with E-state index in [0.29, 0.717) is 12.2 Å². The van der Waals surface area contributed by atoms with E-state index in [1.54, 1.807) is 6.92 Å². The lowest BCUT2D eigenvalue weighted by molar-refractivity contribution is -0.111. The number of benzene rings is 1. The molecule has 1 aromatic carbocycles. The molecule has 1 rings (SSSR count). The van der Waals surface area contributed by atoms with E-state index in [0.717, 1.165) is 18.6 Å². The first-order valence-electron chi connectivity index (χ1n) is 6.22. The van der Waals surface area contributed by atoms with Gasteiger partial charge in [0.1, 0.15) is 5.76 Å². The molecule has 0 aromatic heterocycles. The van der Waals surface area contributed by atoms with Gasteiger partial charge in [-0.25, -0.2) is 0 Å². The molecule has 0 aliphatic rings. The molecule has 0 fully saturated rings. The van der Waals surface area contributed by atoms with Crippen LogP contribution in [0.2, 0.25) is 0 Å². The summed E-state index contributed by atoms with van der Waals surface area (Å²) in [6.45, 7) is 7.79. The Morgan fingerprint density at radius 3 is 2.56 bits per heavy atom. The average molecular weight is 244 g/mol. The van der Waals surface area contributed by atoms with Crippen LogP contribution in [0.15, 0.2) is 54.3 Å². The van der Waals surface area contributed by atoms with Crippen LogP contribution in [0.4, 0.5) is 0 Å². The Kier molecular flexibility index (Phi) is 5.92. The fraction of sp³-hybridized carbons (Fsp3) is 0.312. The first-order valence-corrected chi connectivity index (χ1v) is 6.22. The third-order valence-corrected chi connectivity index (χ3v) is 2.78. The lowest BCUT2D eigenvalue weighted by Gasteiger charge is -2.11. The second-order valence-electron chi connectivity index (χ2n) is 4.04. The van der Waals surface area contributed by atoms with E-state index < -0.39 is 0 Å². The molecule has 0 amide bonds. The SMILES string of the molecule is C=CC(=O)/C(C)=C(\CCc1ccccc1)OCC. The molecular weight excluding hydrogens is 224 g/mol. The van der Waals surface area contributed by atoms with Crippen molar-refractivity contribution in [1.29, 1.82) is 0 Å². The Morgan fingerprint density at radius 1 is 1.33 bits per heavy atom. The van der Waals surface area contributed by atoms with Crippen LogP contribution in [0, 0.1) is 0 Å². The van der Waals surface area contributed by atoms with Crippen molar-refractivity contribution >= 4 is 5.78 Å². The van der Waals surface area contributed by atoms with E-state index >= 15 is 0 Å². The molecule has 2 heteroatoms. The maximum absolute atomic E-state index is 11.6. The summed E-state index contributed by atoms with van der Waals surface area (Å²) in [6, 6.07) is 10.2. The number of rotatable bonds is 7. The Bertz CT molecular complexity index is 430. The Balaban J connectivity index is 2.75. The topological polar surface area (TPSA) is 26.3 Å². The molecule has 0 aliphatic heterocycles. The molecule has 2 nitrogen and oxygen atoms in total. The van der Waals surface area contributed by atoms with Gasteiger partial charge in [0.25, 0.3) is 0 Å². The molecule has 0 heterocycles. The minimum Gasteiger partial charge on any atom is -0.498 e. The number of hydrogen-bond donors (Lipinski definition) is 0. The molecule has 18 heavy (non-hydrogen) atoms. The summed E-state index contributed by atoms with van der Waals surface area (Å²) in [7, 11) is 0. The van der Waals surface area contributed by atoms with Crippen LogP contribution in [-0.4, -0.2) is 12.4 Å². The number of carbonyl (C=O) groups excluding carboxylic acids is 1. The number of hydrogen-bond acceptors (Lipinski definition) is 2. The normalized spacial score (nSPS) is 11.7. The van der Waals surface area contributed by atoms with Crippen LogP contribution in [0.3, 0.4) is 0 Å². The van der Waals surface area contributed by atoms with Crippen molar-refractivity contribution in [3.63, 3.8) is 0 Å². The molecule has 0 aliphatic carbocycles. The highest BCUT2D eigenvalue weighted by molar-refractivity contribution is 6.03. The summed E-state index contributed by atoms with van der Waals surface area (Å²) in [5.74, 6) is 0.706. The summed E-state index contributed by atoms with van der Waals surface area (Å²) < 4.78 is 5.56. The average Bonchev–Trinajstić information content (AvgIpc) is 2.43. The Labute approximate surface area is 109 Å². The zero-order valence-corrected chi connectivity index (χ0v) is 11.1. The van der Waals surface area contributed by atoms with Crippen molar-refractivity contribution in [2.75, 3.05) is 6.61 Å². The highest BCUT2D eigenvalue weighted by atomic mass is 16.5. The van der Waals surface area contributed by atoms with Crippen molar-refractivity contribution in [3.8, 4) is 0 Å². The zero-order valence-electron chi connectivity index (χ0n) is 11.1. The predicted molar refractivity (Wildman–Crippen MR) is 74.3 cm³/mol. The van der Waals surface area contributed by atoms with Crippen molar-refractivity contribution in [3.05, 3.63) is 59.9 Å². The maximum atomic E-state index is 11.6. The summed E-state index contributed by atoms with van der Waals surface area (Å²) in [5, 5.41) is 0. The zero-order chi connectivity index (χ0) is 13.4. The molecule has 0 unspecified atom stereocenters. The predicted octanol–water partition coefficient (Wildman–Crippen LogP) is 3.68. The lowest BCUT2D eigenvalue weighted by atomic mass is 10.0. The molecule has 0 atom stereocenters.